The first-order chi connectivity index (χ1) is 16.4. The largest absolute Gasteiger partial charge is 0.480 e. The van der Waals surface area contributed by atoms with Crippen LogP contribution in [-0.4, -0.2) is 47.9 Å². The monoisotopic (exact) mass is 463 g/mol. The van der Waals surface area contributed by atoms with Gasteiger partial charge in [0.2, 0.25) is 5.91 Å². The Morgan fingerprint density at radius 1 is 1.21 bits per heavy atom. The number of aromatic amines is 1. The zero-order chi connectivity index (χ0) is 23.6. The summed E-state index contributed by atoms with van der Waals surface area (Å²) < 4.78 is 28.9. The van der Waals surface area contributed by atoms with Crippen LogP contribution in [0.4, 0.5) is 8.78 Å². The molecule has 0 radical (unpaired) electrons. The lowest BCUT2D eigenvalue weighted by Gasteiger charge is -2.45. The van der Waals surface area contributed by atoms with E-state index in [4.69, 9.17) is 0 Å². The average molecular weight is 463 g/mol. The average Bonchev–Trinajstić information content (AvgIpc) is 3.49. The van der Waals surface area contributed by atoms with Gasteiger partial charge in [-0.3, -0.25) is 4.79 Å². The molecule has 1 amide bonds. The maximum absolute atomic E-state index is 13.7. The summed E-state index contributed by atoms with van der Waals surface area (Å²) in [7, 11) is 0. The Hall–Kier alpha value is -4.08. The highest BCUT2D eigenvalue weighted by molar-refractivity contribution is 5.92. The number of rotatable bonds is 4. The fourth-order valence-electron chi connectivity index (χ4n) is 5.51. The van der Waals surface area contributed by atoms with Crippen LogP contribution < -0.4 is 0 Å². The molecule has 1 saturated heterocycles. The molecule has 0 unspecified atom stereocenters. The van der Waals surface area contributed by atoms with Gasteiger partial charge >= 0.3 is 5.97 Å². The second-order valence-corrected chi connectivity index (χ2v) is 8.84. The molecule has 2 N–H and O–H groups in total. The van der Waals surface area contributed by atoms with Crippen LogP contribution in [0.2, 0.25) is 0 Å². The number of halogens is 2. The van der Waals surface area contributed by atoms with Crippen molar-refractivity contribution in [1.29, 1.82) is 0 Å². The van der Waals surface area contributed by atoms with E-state index in [1.165, 1.54) is 9.58 Å². The molecule has 2 aliphatic rings. The minimum atomic E-state index is -1.06. The van der Waals surface area contributed by atoms with Gasteiger partial charge in [0.25, 0.3) is 0 Å². The van der Waals surface area contributed by atoms with Crippen molar-refractivity contribution in [2.24, 2.45) is 0 Å². The van der Waals surface area contributed by atoms with Gasteiger partial charge in [-0.25, -0.2) is 18.3 Å². The second-order valence-electron chi connectivity index (χ2n) is 8.84. The Bertz CT molecular complexity index is 1460. The summed E-state index contributed by atoms with van der Waals surface area (Å²) in [6, 6.07) is 9.75. The van der Waals surface area contributed by atoms with Gasteiger partial charge in [-0.15, -0.1) is 5.10 Å². The van der Waals surface area contributed by atoms with E-state index in [0.717, 1.165) is 40.4 Å². The van der Waals surface area contributed by atoms with Crippen molar-refractivity contribution < 1.29 is 23.5 Å². The number of carbonyl (C=O) groups excluding carboxylic acids is 1. The van der Waals surface area contributed by atoms with Crippen LogP contribution in [-0.2, 0) is 28.1 Å². The Balaban J connectivity index is 1.48. The highest BCUT2D eigenvalue weighted by Gasteiger charge is 2.56. The summed E-state index contributed by atoms with van der Waals surface area (Å²) in [5, 5.41) is 19.2. The number of aromatic nitrogens is 4. The molecule has 34 heavy (non-hydrogen) atoms. The lowest BCUT2D eigenvalue weighted by atomic mass is 9.81. The van der Waals surface area contributed by atoms with Gasteiger partial charge in [0, 0.05) is 41.1 Å². The number of carboxylic acids is 1. The number of carbonyl (C=O) groups is 2. The molecule has 2 aromatic carbocycles. The molecule has 2 aliphatic heterocycles. The number of fused-ring (bicyclic) bond motifs is 5. The van der Waals surface area contributed by atoms with E-state index in [1.54, 1.807) is 6.20 Å². The van der Waals surface area contributed by atoms with Gasteiger partial charge in [0.05, 0.1) is 12.7 Å². The molecule has 4 heterocycles. The molecular weight excluding hydrogens is 444 g/mol. The Morgan fingerprint density at radius 3 is 2.74 bits per heavy atom. The molecule has 0 spiro atoms. The van der Waals surface area contributed by atoms with E-state index in [2.05, 4.69) is 15.3 Å². The van der Waals surface area contributed by atoms with E-state index in [0.29, 0.717) is 6.42 Å². The normalized spacial score (nSPS) is 21.6. The third kappa shape index (κ3) is 2.94. The van der Waals surface area contributed by atoms with E-state index < -0.39 is 29.2 Å². The number of para-hydroxylation sites is 1. The summed E-state index contributed by atoms with van der Waals surface area (Å²) in [6.45, 7) is 0.146. The van der Waals surface area contributed by atoms with Crippen LogP contribution in [0.5, 0.6) is 0 Å². The molecule has 10 heteroatoms. The summed E-state index contributed by atoms with van der Waals surface area (Å²) in [4.78, 5) is 30.1. The summed E-state index contributed by atoms with van der Waals surface area (Å²) in [5.74, 6) is -2.75. The quantitative estimate of drug-likeness (QED) is 0.484. The molecule has 0 saturated carbocycles. The highest BCUT2D eigenvalue weighted by atomic mass is 19.1. The number of aliphatic carboxylic acids is 1. The first-order valence-electron chi connectivity index (χ1n) is 10.9. The molecule has 4 aromatic rings. The standard InChI is InChI=1S/C24H19F2N5O3/c25-14-7-13(8-15(26)9-14)19-11-30(29-28-19)12-24-6-5-21(32)31(24)20(23(33)34)10-17-16-3-1-2-4-18(16)27-22(17)24/h1-4,7-9,11,20,27H,5-6,10,12H2,(H,33,34)/t20-,24-/m0/s1. The van der Waals surface area contributed by atoms with Gasteiger partial charge in [0.1, 0.15) is 28.9 Å². The number of carboxylic acid groups (broad SMARTS) is 1. The van der Waals surface area contributed by atoms with Crippen molar-refractivity contribution in [2.75, 3.05) is 0 Å². The molecule has 6 rings (SSSR count). The van der Waals surface area contributed by atoms with Crippen LogP contribution in [0.1, 0.15) is 24.1 Å². The molecule has 0 bridgehead atoms. The predicted octanol–water partition coefficient (Wildman–Crippen LogP) is 3.23. The van der Waals surface area contributed by atoms with Crippen LogP contribution in [0.25, 0.3) is 22.2 Å². The Kier molecular flexibility index (Phi) is 4.35. The third-order valence-electron chi connectivity index (χ3n) is 6.88. The SMILES string of the molecule is O=C(O)[C@@H]1Cc2c([nH]c3ccccc23)[C@@]2(Cn3cc(-c4cc(F)cc(F)c4)nn3)CCC(=O)N12. The number of amides is 1. The van der Waals surface area contributed by atoms with Crippen molar-refractivity contribution >= 4 is 22.8 Å². The van der Waals surface area contributed by atoms with Crippen molar-refractivity contribution in [3.63, 3.8) is 0 Å². The van der Waals surface area contributed by atoms with E-state index in [9.17, 15) is 23.5 Å². The topological polar surface area (TPSA) is 104 Å². The molecule has 8 nitrogen and oxygen atoms in total. The molecule has 172 valence electrons. The second kappa shape index (κ2) is 7.21. The Labute approximate surface area is 191 Å². The minimum Gasteiger partial charge on any atom is -0.480 e. The number of nitrogens with zero attached hydrogens (tertiary/aromatic N) is 4. The fourth-order valence-corrected chi connectivity index (χ4v) is 5.51. The van der Waals surface area contributed by atoms with Gasteiger partial charge in [0.15, 0.2) is 0 Å². The first kappa shape index (κ1) is 20.5. The maximum Gasteiger partial charge on any atom is 0.326 e. The lowest BCUT2D eigenvalue weighted by Crippen LogP contribution is -2.58. The molecule has 0 aliphatic carbocycles. The van der Waals surface area contributed by atoms with Crippen molar-refractivity contribution in [3.8, 4) is 11.3 Å². The minimum absolute atomic E-state index is 0.146. The van der Waals surface area contributed by atoms with Crippen molar-refractivity contribution in [3.05, 3.63) is 71.6 Å². The predicted molar refractivity (Wildman–Crippen MR) is 117 cm³/mol. The number of hydrogen-bond donors (Lipinski definition) is 2. The Morgan fingerprint density at radius 2 is 1.97 bits per heavy atom. The summed E-state index contributed by atoms with van der Waals surface area (Å²) in [6.07, 6.45) is 2.36. The van der Waals surface area contributed by atoms with Crippen LogP contribution >= 0.6 is 0 Å². The van der Waals surface area contributed by atoms with Crippen molar-refractivity contribution in [1.82, 2.24) is 24.9 Å². The zero-order valence-corrected chi connectivity index (χ0v) is 17.8. The van der Waals surface area contributed by atoms with E-state index >= 15 is 0 Å². The molecule has 1 fully saturated rings. The lowest BCUT2D eigenvalue weighted by molar-refractivity contribution is -0.154. The fraction of sp³-hybridized carbons (Fsp3) is 0.250. The van der Waals surface area contributed by atoms with Gasteiger partial charge in [-0.05, 0) is 30.2 Å². The van der Waals surface area contributed by atoms with Crippen molar-refractivity contribution in [2.45, 2.75) is 37.4 Å². The highest BCUT2D eigenvalue weighted by Crippen LogP contribution is 2.49. The number of benzene rings is 2. The van der Waals surface area contributed by atoms with Crippen LogP contribution in [0, 0.1) is 11.6 Å². The molecule has 2 atom stereocenters. The first-order valence-corrected chi connectivity index (χ1v) is 10.9. The van der Waals surface area contributed by atoms with Gasteiger partial charge < -0.3 is 15.0 Å². The zero-order valence-electron chi connectivity index (χ0n) is 17.8. The summed E-state index contributed by atoms with van der Waals surface area (Å²) >= 11 is 0. The van der Waals surface area contributed by atoms with Gasteiger partial charge in [-0.2, -0.15) is 0 Å². The number of hydrogen-bond acceptors (Lipinski definition) is 4. The summed E-state index contributed by atoms with van der Waals surface area (Å²) in [5.41, 5.74) is 2.08. The third-order valence-corrected chi connectivity index (χ3v) is 6.88. The number of nitrogens with one attached hydrogen (secondary N) is 1. The van der Waals surface area contributed by atoms with E-state index in [-0.39, 0.29) is 36.6 Å². The van der Waals surface area contributed by atoms with Crippen LogP contribution in [0.3, 0.4) is 0 Å². The molecule has 2 aromatic heterocycles. The number of H-pyrrole nitrogens is 1. The van der Waals surface area contributed by atoms with Gasteiger partial charge in [-0.1, -0.05) is 23.4 Å². The smallest absolute Gasteiger partial charge is 0.326 e. The maximum atomic E-state index is 13.7. The molecular formula is C24H19F2N5O3. The van der Waals surface area contributed by atoms with Crippen LogP contribution in [0.15, 0.2) is 48.7 Å². The van der Waals surface area contributed by atoms with E-state index in [1.807, 2.05) is 24.3 Å².